The maximum atomic E-state index is 3.69. The predicted octanol–water partition coefficient (Wildman–Crippen LogP) is 3.87. The average Bonchev–Trinajstić information content (AvgIpc) is 1.99. The van der Waals surface area contributed by atoms with E-state index >= 15 is 0 Å². The molecule has 0 heteroatoms. The van der Waals surface area contributed by atoms with E-state index in [2.05, 4.69) is 38.7 Å². The quantitative estimate of drug-likeness (QED) is 0.522. The van der Waals surface area contributed by atoms with E-state index in [1.807, 2.05) is 6.08 Å². The Hall–Kier alpha value is -0.780. The van der Waals surface area contributed by atoms with Crippen molar-refractivity contribution in [2.24, 2.45) is 0 Å². The van der Waals surface area contributed by atoms with E-state index in [0.717, 1.165) is 19.3 Å². The number of hydrogen-bond acceptors (Lipinski definition) is 0. The summed E-state index contributed by atoms with van der Waals surface area (Å²) in [6.07, 6.45) is 11.8. The molecule has 0 amide bonds. The minimum atomic E-state index is 1.01. The summed E-state index contributed by atoms with van der Waals surface area (Å²) in [6.45, 7) is 7.98. The highest BCUT2D eigenvalue weighted by atomic mass is 13.9. The standard InChI is InChI=1S/C11H18/c1-4-6-7-8-10-11(3)9-5-2/h5-7,10H,2,4,8-9H2,1,3H3. The van der Waals surface area contributed by atoms with Gasteiger partial charge in [-0.3, -0.25) is 0 Å². The van der Waals surface area contributed by atoms with Crippen LogP contribution in [0.5, 0.6) is 0 Å². The van der Waals surface area contributed by atoms with Gasteiger partial charge in [-0.05, 0) is 26.2 Å². The molecule has 0 aliphatic rings. The third kappa shape index (κ3) is 7.11. The molecule has 0 aromatic heterocycles. The van der Waals surface area contributed by atoms with Crippen molar-refractivity contribution in [3.05, 3.63) is 36.5 Å². The summed E-state index contributed by atoms with van der Waals surface area (Å²) in [7, 11) is 0. The Morgan fingerprint density at radius 2 is 2.09 bits per heavy atom. The molecule has 0 unspecified atom stereocenters. The van der Waals surface area contributed by atoms with E-state index in [1.54, 1.807) is 0 Å². The molecular formula is C11H18. The zero-order valence-corrected chi connectivity index (χ0v) is 7.64. The Labute approximate surface area is 70.3 Å². The summed E-state index contributed by atoms with van der Waals surface area (Å²) in [5, 5.41) is 0. The van der Waals surface area contributed by atoms with Gasteiger partial charge in [-0.15, -0.1) is 6.58 Å². The maximum absolute atomic E-state index is 3.69. The minimum absolute atomic E-state index is 1.01. The lowest BCUT2D eigenvalue weighted by Gasteiger charge is -1.91. The van der Waals surface area contributed by atoms with Gasteiger partial charge in [-0.2, -0.15) is 0 Å². The molecule has 0 fully saturated rings. The fraction of sp³-hybridized carbons (Fsp3) is 0.455. The second kappa shape index (κ2) is 7.33. The van der Waals surface area contributed by atoms with Crippen LogP contribution in [0.15, 0.2) is 36.5 Å². The predicted molar refractivity (Wildman–Crippen MR) is 52.6 cm³/mol. The third-order valence-electron chi connectivity index (χ3n) is 1.47. The Morgan fingerprint density at radius 3 is 2.64 bits per heavy atom. The second-order valence-electron chi connectivity index (χ2n) is 2.66. The molecule has 0 spiro atoms. The monoisotopic (exact) mass is 150 g/mol. The van der Waals surface area contributed by atoms with E-state index < -0.39 is 0 Å². The fourth-order valence-corrected chi connectivity index (χ4v) is 0.843. The Morgan fingerprint density at radius 1 is 1.36 bits per heavy atom. The van der Waals surface area contributed by atoms with Gasteiger partial charge in [0.25, 0.3) is 0 Å². The average molecular weight is 150 g/mol. The van der Waals surface area contributed by atoms with Crippen LogP contribution in [0.2, 0.25) is 0 Å². The zero-order valence-electron chi connectivity index (χ0n) is 7.64. The van der Waals surface area contributed by atoms with Crippen LogP contribution >= 0.6 is 0 Å². The van der Waals surface area contributed by atoms with Crippen molar-refractivity contribution in [2.75, 3.05) is 0 Å². The lowest BCUT2D eigenvalue weighted by atomic mass is 10.2. The summed E-state index contributed by atoms with van der Waals surface area (Å²) in [4.78, 5) is 0. The molecule has 0 rings (SSSR count). The van der Waals surface area contributed by atoms with Gasteiger partial charge in [0, 0.05) is 0 Å². The van der Waals surface area contributed by atoms with Crippen molar-refractivity contribution < 1.29 is 0 Å². The van der Waals surface area contributed by atoms with Gasteiger partial charge in [0.15, 0.2) is 0 Å². The van der Waals surface area contributed by atoms with Crippen LogP contribution in [0.1, 0.15) is 33.1 Å². The van der Waals surface area contributed by atoms with Crippen LogP contribution in [-0.2, 0) is 0 Å². The number of allylic oxidation sites excluding steroid dienone is 5. The second-order valence-corrected chi connectivity index (χ2v) is 2.66. The van der Waals surface area contributed by atoms with Gasteiger partial charge in [0.1, 0.15) is 0 Å². The number of rotatable bonds is 5. The molecule has 0 aromatic carbocycles. The molecule has 62 valence electrons. The van der Waals surface area contributed by atoms with Crippen molar-refractivity contribution in [2.45, 2.75) is 33.1 Å². The Kier molecular flexibility index (Phi) is 6.81. The molecule has 0 nitrogen and oxygen atoms in total. The van der Waals surface area contributed by atoms with Crippen LogP contribution in [0.25, 0.3) is 0 Å². The summed E-state index contributed by atoms with van der Waals surface area (Å²) < 4.78 is 0. The Balaban J connectivity index is 3.54. The lowest BCUT2D eigenvalue weighted by molar-refractivity contribution is 1.15. The number of hydrogen-bond donors (Lipinski definition) is 0. The SMILES string of the molecule is C=CCC(C)=CCC=CCC. The molecule has 0 aliphatic carbocycles. The third-order valence-corrected chi connectivity index (χ3v) is 1.47. The van der Waals surface area contributed by atoms with Gasteiger partial charge in [-0.25, -0.2) is 0 Å². The highest BCUT2D eigenvalue weighted by molar-refractivity contribution is 5.05. The summed E-state index contributed by atoms with van der Waals surface area (Å²) >= 11 is 0. The van der Waals surface area contributed by atoms with Crippen molar-refractivity contribution in [3.63, 3.8) is 0 Å². The first-order valence-corrected chi connectivity index (χ1v) is 4.22. The molecule has 11 heavy (non-hydrogen) atoms. The highest BCUT2D eigenvalue weighted by Crippen LogP contribution is 2.01. The van der Waals surface area contributed by atoms with Crippen LogP contribution in [0.3, 0.4) is 0 Å². The lowest BCUT2D eigenvalue weighted by Crippen LogP contribution is -1.71. The molecule has 0 aromatic rings. The van der Waals surface area contributed by atoms with E-state index in [9.17, 15) is 0 Å². The first-order valence-electron chi connectivity index (χ1n) is 4.22. The summed E-state index contributed by atoms with van der Waals surface area (Å²) in [5.41, 5.74) is 1.40. The van der Waals surface area contributed by atoms with Gasteiger partial charge in [-0.1, -0.05) is 36.8 Å². The maximum Gasteiger partial charge on any atom is -0.0144 e. The van der Waals surface area contributed by atoms with Gasteiger partial charge in [0.05, 0.1) is 0 Å². The molecular weight excluding hydrogens is 132 g/mol. The van der Waals surface area contributed by atoms with Crippen molar-refractivity contribution in [1.82, 2.24) is 0 Å². The smallest absolute Gasteiger partial charge is 0.0144 e. The minimum Gasteiger partial charge on any atom is -0.103 e. The van der Waals surface area contributed by atoms with Gasteiger partial charge < -0.3 is 0 Å². The molecule has 0 aliphatic heterocycles. The molecule has 0 bridgehead atoms. The van der Waals surface area contributed by atoms with E-state index in [0.29, 0.717) is 0 Å². The Bertz CT molecular complexity index is 149. The van der Waals surface area contributed by atoms with Crippen LogP contribution in [0, 0.1) is 0 Å². The van der Waals surface area contributed by atoms with Crippen LogP contribution in [-0.4, -0.2) is 0 Å². The first-order chi connectivity index (χ1) is 5.31. The molecule has 0 saturated carbocycles. The largest absolute Gasteiger partial charge is 0.103 e. The van der Waals surface area contributed by atoms with Gasteiger partial charge >= 0.3 is 0 Å². The van der Waals surface area contributed by atoms with Crippen LogP contribution < -0.4 is 0 Å². The molecule has 0 atom stereocenters. The molecule has 0 saturated heterocycles. The fourth-order valence-electron chi connectivity index (χ4n) is 0.843. The summed E-state index contributed by atoms with van der Waals surface area (Å²) in [5.74, 6) is 0. The van der Waals surface area contributed by atoms with Crippen molar-refractivity contribution in [3.8, 4) is 0 Å². The van der Waals surface area contributed by atoms with Crippen molar-refractivity contribution >= 4 is 0 Å². The molecule has 0 heterocycles. The van der Waals surface area contributed by atoms with E-state index in [-0.39, 0.29) is 0 Å². The van der Waals surface area contributed by atoms with Crippen LogP contribution in [0.4, 0.5) is 0 Å². The van der Waals surface area contributed by atoms with Crippen molar-refractivity contribution in [1.29, 1.82) is 0 Å². The topological polar surface area (TPSA) is 0 Å². The first kappa shape index (κ1) is 10.2. The van der Waals surface area contributed by atoms with E-state index in [1.165, 1.54) is 5.57 Å². The van der Waals surface area contributed by atoms with E-state index in [4.69, 9.17) is 0 Å². The normalized spacial score (nSPS) is 12.4. The van der Waals surface area contributed by atoms with Gasteiger partial charge in [0.2, 0.25) is 0 Å². The summed E-state index contributed by atoms with van der Waals surface area (Å²) in [6, 6.07) is 0. The highest BCUT2D eigenvalue weighted by Gasteiger charge is 1.81. The molecule has 0 radical (unpaired) electrons. The zero-order chi connectivity index (χ0) is 8.53. The molecule has 0 N–H and O–H groups in total.